The Kier molecular flexibility index (Phi) is 139. The average Bonchev–Trinajstić information content (AvgIpc) is 0. The fourth-order valence-electron chi connectivity index (χ4n) is 0. The van der Waals surface area contributed by atoms with Crippen LogP contribution in [0.2, 0.25) is 0 Å². The predicted molar refractivity (Wildman–Crippen MR) is 0 cm³/mol. The van der Waals surface area contributed by atoms with Gasteiger partial charge in [-0.2, -0.15) is 0 Å². The summed E-state index contributed by atoms with van der Waals surface area (Å²) in [6.07, 6.45) is 0. The van der Waals surface area contributed by atoms with Gasteiger partial charge in [-0.25, -0.2) is 0 Å². The van der Waals surface area contributed by atoms with E-state index in [9.17, 15) is 0 Å². The van der Waals surface area contributed by atoms with Gasteiger partial charge in [0, 0.05) is 78.9 Å². The molecule has 0 N–H and O–H groups in total. The molecule has 0 spiro atoms. The predicted octanol–water partition coefficient (Wildman–Crippen LogP) is -0.0100. The van der Waals surface area contributed by atoms with Crippen LogP contribution in [0.25, 0.3) is 0 Å². The van der Waals surface area contributed by atoms with E-state index in [-0.39, 0.29) is 78.9 Å². The molecule has 0 saturated heterocycles. The molecule has 4 heteroatoms. The molecule has 0 aromatic carbocycles. The van der Waals surface area contributed by atoms with Crippen LogP contribution >= 0.6 is 0 Å². The molecule has 0 unspecified atom stereocenters. The van der Waals surface area contributed by atoms with Crippen molar-refractivity contribution in [2.24, 2.45) is 0 Å². The van der Waals surface area contributed by atoms with Gasteiger partial charge >= 0.3 is 0 Å². The molecule has 4 heavy (non-hydrogen) atoms. The zero-order valence-corrected chi connectivity index (χ0v) is 9.22. The quantitative estimate of drug-likeness (QED) is 0.515. The topological polar surface area (TPSA) is 0 Å². The van der Waals surface area contributed by atoms with Crippen LogP contribution in [0.5, 0.6) is 0 Å². The summed E-state index contributed by atoms with van der Waals surface area (Å²) in [5, 5.41) is 0. The molecule has 0 bridgehead atoms. The van der Waals surface area contributed by atoms with E-state index in [2.05, 4.69) is 0 Å². The largest absolute Gasteiger partial charge is 0 e. The summed E-state index contributed by atoms with van der Waals surface area (Å²) in [4.78, 5) is 0. The minimum atomic E-state index is 0. The molecule has 2 radical (unpaired) electrons. The Bertz CT molecular complexity index is 6.00. The molecule has 0 aromatic heterocycles. The standard InChI is InChI=1S/2Fe.Nb.Ta. The summed E-state index contributed by atoms with van der Waals surface area (Å²) in [6.45, 7) is 0. The smallest absolute Gasteiger partial charge is 0 e. The SMILES string of the molecule is [Fe].[Fe].[Nb].[Ta]. The molecule has 0 heterocycles. The van der Waals surface area contributed by atoms with Gasteiger partial charge in [-0.3, -0.25) is 0 Å². The number of hydrogen-bond acceptors (Lipinski definition) is 0. The van der Waals surface area contributed by atoms with Crippen LogP contribution in [0, 0.1) is 0 Å². The normalized spacial score (nSPS) is 0. The van der Waals surface area contributed by atoms with Gasteiger partial charge in [0.2, 0.25) is 0 Å². The van der Waals surface area contributed by atoms with Gasteiger partial charge < -0.3 is 0 Å². The molecule has 26 valence electrons. The molecule has 0 nitrogen and oxygen atoms in total. The maximum atomic E-state index is 0. The first-order chi connectivity index (χ1) is 0. The van der Waals surface area contributed by atoms with Crippen LogP contribution in [0.4, 0.5) is 0 Å². The summed E-state index contributed by atoms with van der Waals surface area (Å²) in [7, 11) is 0. The summed E-state index contributed by atoms with van der Waals surface area (Å²) in [5.74, 6) is 0. The Hall–Kier alpha value is 2.52. The molecular weight excluding hydrogens is 386 g/mol. The van der Waals surface area contributed by atoms with Crippen LogP contribution < -0.4 is 0 Å². The first-order valence-corrected chi connectivity index (χ1v) is 0. The van der Waals surface area contributed by atoms with E-state index in [1.807, 2.05) is 0 Å². The maximum absolute atomic E-state index is 0. The molecule has 0 aliphatic carbocycles. The van der Waals surface area contributed by atoms with E-state index in [0.29, 0.717) is 0 Å². The second-order valence-electron chi connectivity index (χ2n) is 0. The molecule has 0 atom stereocenters. The van der Waals surface area contributed by atoms with Gasteiger partial charge in [-0.15, -0.1) is 0 Å². The fraction of sp³-hybridized carbons (Fsp3) is 0. The van der Waals surface area contributed by atoms with Gasteiger partial charge in [0.05, 0.1) is 0 Å². The summed E-state index contributed by atoms with van der Waals surface area (Å²) >= 11 is 0. The van der Waals surface area contributed by atoms with E-state index in [1.165, 1.54) is 0 Å². The minimum absolute atomic E-state index is 0. The fourth-order valence-corrected chi connectivity index (χ4v) is 0. The third kappa shape index (κ3) is 8.82. The van der Waals surface area contributed by atoms with Crippen LogP contribution in [0.1, 0.15) is 0 Å². The average molecular weight is 386 g/mol. The van der Waals surface area contributed by atoms with Crippen molar-refractivity contribution in [3.8, 4) is 0 Å². The van der Waals surface area contributed by atoms with Crippen molar-refractivity contribution >= 4 is 0 Å². The van der Waals surface area contributed by atoms with Crippen molar-refractivity contribution in [3.05, 3.63) is 0 Å². The van der Waals surface area contributed by atoms with Crippen LogP contribution in [0.15, 0.2) is 0 Å². The van der Waals surface area contributed by atoms with Gasteiger partial charge in [-0.1, -0.05) is 0 Å². The number of rotatable bonds is 0. The molecule has 0 fully saturated rings. The summed E-state index contributed by atoms with van der Waals surface area (Å²) < 4.78 is 0. The summed E-state index contributed by atoms with van der Waals surface area (Å²) in [5.41, 5.74) is 0. The third-order valence-electron chi connectivity index (χ3n) is 0. The van der Waals surface area contributed by atoms with E-state index in [4.69, 9.17) is 0 Å². The maximum Gasteiger partial charge on any atom is 0 e. The first-order valence-electron chi connectivity index (χ1n) is 0. The molecule has 0 aliphatic heterocycles. The van der Waals surface area contributed by atoms with Crippen molar-refractivity contribution in [1.29, 1.82) is 0 Å². The molecule has 0 amide bonds. The van der Waals surface area contributed by atoms with Crippen LogP contribution in [-0.4, -0.2) is 0 Å². The van der Waals surface area contributed by atoms with E-state index in [1.54, 1.807) is 0 Å². The Morgan fingerprint density at radius 3 is 0.750 bits per heavy atom. The number of hydrogen-bond donors (Lipinski definition) is 0. The molecule has 0 saturated carbocycles. The van der Waals surface area contributed by atoms with Gasteiger partial charge in [0.1, 0.15) is 0 Å². The van der Waals surface area contributed by atoms with Crippen LogP contribution in [-0.2, 0) is 78.9 Å². The van der Waals surface area contributed by atoms with E-state index in [0.717, 1.165) is 0 Å². The zero-order chi connectivity index (χ0) is 0. The molecule has 0 aromatic rings. The zero-order valence-electron chi connectivity index (χ0n) is 1.60. The third-order valence-corrected chi connectivity index (χ3v) is 0. The van der Waals surface area contributed by atoms with Crippen molar-refractivity contribution in [1.82, 2.24) is 0 Å². The second-order valence-corrected chi connectivity index (χ2v) is 0. The Morgan fingerprint density at radius 2 is 0.750 bits per heavy atom. The van der Waals surface area contributed by atoms with Gasteiger partial charge in [-0.05, 0) is 0 Å². The molecule has 0 rings (SSSR count). The molecule has 0 aliphatic rings. The van der Waals surface area contributed by atoms with Crippen molar-refractivity contribution in [2.75, 3.05) is 0 Å². The Morgan fingerprint density at radius 1 is 0.750 bits per heavy atom. The van der Waals surface area contributed by atoms with Crippen molar-refractivity contribution in [3.63, 3.8) is 0 Å². The second kappa shape index (κ2) is 17.8. The van der Waals surface area contributed by atoms with Crippen molar-refractivity contribution < 1.29 is 78.9 Å². The van der Waals surface area contributed by atoms with Crippen LogP contribution in [0.3, 0.4) is 0 Å². The molecular formula is Fe2NbTa. The van der Waals surface area contributed by atoms with Gasteiger partial charge in [0.25, 0.3) is 0 Å². The van der Waals surface area contributed by atoms with E-state index >= 15 is 0 Å². The minimum Gasteiger partial charge on any atom is 0 e. The Balaban J connectivity index is 0. The first kappa shape index (κ1) is 31.3. The van der Waals surface area contributed by atoms with E-state index < -0.39 is 0 Å². The summed E-state index contributed by atoms with van der Waals surface area (Å²) in [6, 6.07) is 0. The monoisotopic (exact) mass is 386 g/mol. The van der Waals surface area contributed by atoms with Gasteiger partial charge in [0.15, 0.2) is 0 Å². The van der Waals surface area contributed by atoms with Crippen molar-refractivity contribution in [2.45, 2.75) is 0 Å². The Labute approximate surface area is 77.8 Å².